The van der Waals surface area contributed by atoms with Gasteiger partial charge in [-0.2, -0.15) is 0 Å². The van der Waals surface area contributed by atoms with Gasteiger partial charge in [-0.25, -0.2) is 4.39 Å². The fourth-order valence-corrected chi connectivity index (χ4v) is 4.90. The Bertz CT molecular complexity index is 1050. The zero-order valence-electron chi connectivity index (χ0n) is 20.1. The van der Waals surface area contributed by atoms with E-state index in [2.05, 4.69) is 4.90 Å². The summed E-state index contributed by atoms with van der Waals surface area (Å²) in [6.45, 7) is 5.06. The van der Waals surface area contributed by atoms with E-state index in [-0.39, 0.29) is 23.5 Å². The Balaban J connectivity index is 1.38. The second kappa shape index (κ2) is 10.4. The Kier molecular flexibility index (Phi) is 7.36. The molecule has 0 bridgehead atoms. The minimum Gasteiger partial charge on any atom is -0.497 e. The van der Waals surface area contributed by atoms with E-state index in [9.17, 15) is 14.0 Å². The van der Waals surface area contributed by atoms with Gasteiger partial charge < -0.3 is 19.3 Å². The molecule has 2 aromatic rings. The number of anilines is 1. The van der Waals surface area contributed by atoms with Gasteiger partial charge in [0.2, 0.25) is 5.91 Å². The van der Waals surface area contributed by atoms with Crippen molar-refractivity contribution < 1.29 is 23.5 Å². The highest BCUT2D eigenvalue weighted by molar-refractivity contribution is 5.94. The summed E-state index contributed by atoms with van der Waals surface area (Å²) in [6.07, 6.45) is 1.83. The van der Waals surface area contributed by atoms with Gasteiger partial charge in [-0.05, 0) is 56.2 Å². The van der Waals surface area contributed by atoms with Crippen molar-refractivity contribution in [2.24, 2.45) is 0 Å². The van der Waals surface area contributed by atoms with Crippen LogP contribution >= 0.6 is 0 Å². The number of nitrogens with zero attached hydrogens (tertiary/aromatic N) is 3. The largest absolute Gasteiger partial charge is 0.497 e. The van der Waals surface area contributed by atoms with Crippen LogP contribution in [0.3, 0.4) is 0 Å². The van der Waals surface area contributed by atoms with Crippen LogP contribution in [0.2, 0.25) is 0 Å². The number of carbonyl (C=O) groups excluding carboxylic acids is 2. The number of benzene rings is 2. The fraction of sp³-hybridized carbons (Fsp3) is 0.462. The number of halogens is 1. The van der Waals surface area contributed by atoms with E-state index in [4.69, 9.17) is 9.47 Å². The first-order valence-corrected chi connectivity index (χ1v) is 11.7. The first-order valence-electron chi connectivity index (χ1n) is 11.7. The predicted octanol–water partition coefficient (Wildman–Crippen LogP) is 3.53. The van der Waals surface area contributed by atoms with E-state index in [1.807, 2.05) is 28.0 Å². The lowest BCUT2D eigenvalue weighted by Crippen LogP contribution is -2.50. The molecule has 0 radical (unpaired) electrons. The number of hydrogen-bond donors (Lipinski definition) is 0. The molecular weight excluding hydrogens is 437 g/mol. The van der Waals surface area contributed by atoms with Crippen LogP contribution in [0.4, 0.5) is 10.1 Å². The summed E-state index contributed by atoms with van der Waals surface area (Å²) in [5.41, 5.74) is 1.85. The number of rotatable bonds is 7. The first-order chi connectivity index (χ1) is 16.4. The molecule has 8 heteroatoms. The quantitative estimate of drug-likeness (QED) is 0.578. The van der Waals surface area contributed by atoms with Crippen LogP contribution in [0.1, 0.15) is 41.7 Å². The van der Waals surface area contributed by atoms with Crippen LogP contribution in [0.25, 0.3) is 0 Å². The SMILES string of the molecule is COc1ccc(OC)c([C@@H]2CCCN2C(=O)CN2CCN(c3ccc(C(C)=O)cc3F)CC2)c1. The number of carbonyl (C=O) groups is 2. The Morgan fingerprint density at radius 2 is 1.76 bits per heavy atom. The molecule has 4 rings (SSSR count). The molecule has 2 heterocycles. The molecular formula is C26H32FN3O4. The summed E-state index contributed by atoms with van der Waals surface area (Å²) < 4.78 is 25.5. The maximum atomic E-state index is 14.5. The lowest BCUT2D eigenvalue weighted by atomic mass is 10.0. The molecule has 2 aromatic carbocycles. The van der Waals surface area contributed by atoms with Crippen LogP contribution in [0, 0.1) is 5.82 Å². The van der Waals surface area contributed by atoms with Gasteiger partial charge in [0.05, 0.1) is 32.5 Å². The number of ketones is 1. The van der Waals surface area contributed by atoms with Crippen molar-refractivity contribution in [3.05, 3.63) is 53.3 Å². The average molecular weight is 470 g/mol. The Morgan fingerprint density at radius 1 is 1.00 bits per heavy atom. The third-order valence-electron chi connectivity index (χ3n) is 6.80. The molecule has 0 saturated carbocycles. The third kappa shape index (κ3) is 5.01. The van der Waals surface area contributed by atoms with Crippen LogP contribution in [0.5, 0.6) is 11.5 Å². The van der Waals surface area contributed by atoms with E-state index < -0.39 is 0 Å². The molecule has 2 saturated heterocycles. The molecule has 2 aliphatic heterocycles. The predicted molar refractivity (Wildman–Crippen MR) is 128 cm³/mol. The molecule has 0 N–H and O–H groups in total. The second-order valence-electron chi connectivity index (χ2n) is 8.84. The molecule has 0 spiro atoms. The average Bonchev–Trinajstić information content (AvgIpc) is 3.34. The normalized spacial score (nSPS) is 18.8. The maximum Gasteiger partial charge on any atom is 0.237 e. The van der Waals surface area contributed by atoms with Gasteiger partial charge in [-0.15, -0.1) is 0 Å². The van der Waals surface area contributed by atoms with Crippen LogP contribution in [-0.2, 0) is 4.79 Å². The van der Waals surface area contributed by atoms with E-state index >= 15 is 0 Å². The lowest BCUT2D eigenvalue weighted by molar-refractivity contribution is -0.133. The molecule has 7 nitrogen and oxygen atoms in total. The van der Waals surface area contributed by atoms with E-state index in [0.717, 1.165) is 36.4 Å². The molecule has 1 atom stereocenters. The summed E-state index contributed by atoms with van der Waals surface area (Å²) in [6, 6.07) is 10.3. The minimum absolute atomic E-state index is 0.0345. The van der Waals surface area contributed by atoms with Gasteiger partial charge in [-0.1, -0.05) is 0 Å². The van der Waals surface area contributed by atoms with Gasteiger partial charge >= 0.3 is 0 Å². The topological polar surface area (TPSA) is 62.3 Å². The van der Waals surface area contributed by atoms with Crippen molar-refractivity contribution in [3.8, 4) is 11.5 Å². The van der Waals surface area contributed by atoms with Gasteiger partial charge in [0.1, 0.15) is 17.3 Å². The highest BCUT2D eigenvalue weighted by Crippen LogP contribution is 2.39. The molecule has 0 aromatic heterocycles. The van der Waals surface area contributed by atoms with Gasteiger partial charge in [0.15, 0.2) is 5.78 Å². The summed E-state index contributed by atoms with van der Waals surface area (Å²) in [5, 5.41) is 0. The summed E-state index contributed by atoms with van der Waals surface area (Å²) in [5.74, 6) is 1.06. The van der Waals surface area contributed by atoms with Crippen LogP contribution < -0.4 is 14.4 Å². The van der Waals surface area contributed by atoms with Crippen molar-refractivity contribution in [1.29, 1.82) is 0 Å². The smallest absolute Gasteiger partial charge is 0.237 e. The highest BCUT2D eigenvalue weighted by Gasteiger charge is 2.33. The zero-order valence-corrected chi connectivity index (χ0v) is 20.1. The number of amides is 1. The van der Waals surface area contributed by atoms with Gasteiger partial charge in [0.25, 0.3) is 0 Å². The molecule has 1 amide bonds. The van der Waals surface area contributed by atoms with Gasteiger partial charge in [0, 0.05) is 43.9 Å². The molecule has 0 aliphatic carbocycles. The Labute approximate surface area is 200 Å². The van der Waals surface area contributed by atoms with Gasteiger partial charge in [-0.3, -0.25) is 14.5 Å². The number of ether oxygens (including phenoxy) is 2. The van der Waals surface area contributed by atoms with Crippen molar-refractivity contribution in [2.75, 3.05) is 58.4 Å². The second-order valence-corrected chi connectivity index (χ2v) is 8.84. The van der Waals surface area contributed by atoms with Crippen LogP contribution in [-0.4, -0.2) is 75.0 Å². The minimum atomic E-state index is -0.385. The Hall–Kier alpha value is -3.13. The molecule has 34 heavy (non-hydrogen) atoms. The summed E-state index contributed by atoms with van der Waals surface area (Å²) >= 11 is 0. The zero-order chi connectivity index (χ0) is 24.2. The van der Waals surface area contributed by atoms with Crippen molar-refractivity contribution in [2.45, 2.75) is 25.8 Å². The molecule has 0 unspecified atom stereocenters. The molecule has 2 fully saturated rings. The summed E-state index contributed by atoms with van der Waals surface area (Å²) in [4.78, 5) is 30.8. The number of methoxy groups -OCH3 is 2. The molecule has 2 aliphatic rings. The molecule has 182 valence electrons. The summed E-state index contributed by atoms with van der Waals surface area (Å²) in [7, 11) is 3.27. The maximum absolute atomic E-state index is 14.5. The monoisotopic (exact) mass is 469 g/mol. The Morgan fingerprint density at radius 3 is 2.41 bits per heavy atom. The standard InChI is InChI=1S/C26H32FN3O4/c1-18(31)19-6-8-24(22(27)15-19)29-13-11-28(12-14-29)17-26(32)30-10-4-5-23(30)21-16-20(33-2)7-9-25(21)34-3/h6-9,15-16,23H,4-5,10-14,17H2,1-3H3/t23-/m0/s1. The van der Waals surface area contributed by atoms with E-state index in [0.29, 0.717) is 44.0 Å². The number of Topliss-reactive ketones (excluding diaryl/α,β-unsaturated/α-hetero) is 1. The van der Waals surface area contributed by atoms with E-state index in [1.165, 1.54) is 13.0 Å². The fourth-order valence-electron chi connectivity index (χ4n) is 4.90. The highest BCUT2D eigenvalue weighted by atomic mass is 19.1. The van der Waals surface area contributed by atoms with Crippen molar-refractivity contribution >= 4 is 17.4 Å². The number of likely N-dealkylation sites (tertiary alicyclic amines) is 1. The van der Waals surface area contributed by atoms with Crippen LogP contribution in [0.15, 0.2) is 36.4 Å². The number of hydrogen-bond acceptors (Lipinski definition) is 6. The lowest BCUT2D eigenvalue weighted by Gasteiger charge is -2.37. The number of piperazine rings is 1. The first kappa shape index (κ1) is 24.0. The van der Waals surface area contributed by atoms with E-state index in [1.54, 1.807) is 26.4 Å². The van der Waals surface area contributed by atoms with Crippen molar-refractivity contribution in [3.63, 3.8) is 0 Å². The van der Waals surface area contributed by atoms with Crippen molar-refractivity contribution in [1.82, 2.24) is 9.80 Å². The third-order valence-corrected chi connectivity index (χ3v) is 6.80.